The van der Waals surface area contributed by atoms with Crippen molar-refractivity contribution in [2.24, 2.45) is 5.92 Å². The first-order valence-electron chi connectivity index (χ1n) is 6.64. The number of aryl methyl sites for hydroxylation is 1. The molecule has 0 bridgehead atoms. The number of pyridine rings is 1. The second-order valence-electron chi connectivity index (χ2n) is 5.21. The molecular formula is C14H21N3O2. The van der Waals surface area contributed by atoms with Crippen LogP contribution in [0, 0.1) is 12.8 Å². The van der Waals surface area contributed by atoms with Crippen LogP contribution < -0.4 is 5.32 Å². The molecule has 2 rings (SSSR count). The quantitative estimate of drug-likeness (QED) is 0.843. The van der Waals surface area contributed by atoms with Crippen LogP contribution in [0.15, 0.2) is 12.3 Å². The van der Waals surface area contributed by atoms with E-state index in [1.54, 1.807) is 18.1 Å². The first-order chi connectivity index (χ1) is 9.02. The molecule has 2 unspecified atom stereocenters. The van der Waals surface area contributed by atoms with Crippen molar-refractivity contribution >= 4 is 11.6 Å². The molecule has 1 amide bonds. The molecule has 19 heavy (non-hydrogen) atoms. The Labute approximate surface area is 113 Å². The van der Waals surface area contributed by atoms with Crippen LogP contribution in [0.2, 0.25) is 0 Å². The molecule has 5 heteroatoms. The number of nitrogens with zero attached hydrogens (tertiary/aromatic N) is 2. The third kappa shape index (κ3) is 2.87. The highest BCUT2D eigenvalue weighted by Gasteiger charge is 2.28. The monoisotopic (exact) mass is 263 g/mol. The first-order valence-corrected chi connectivity index (χ1v) is 6.64. The number of piperidine rings is 1. The number of anilines is 1. The number of hydrogen-bond donors (Lipinski definition) is 2. The fraction of sp³-hybridized carbons (Fsp3) is 0.571. The summed E-state index contributed by atoms with van der Waals surface area (Å²) in [4.78, 5) is 18.5. The Bertz CT molecular complexity index is 476. The summed E-state index contributed by atoms with van der Waals surface area (Å²) >= 11 is 0. The van der Waals surface area contributed by atoms with E-state index in [1.165, 1.54) is 0 Å². The third-order valence-electron chi connectivity index (χ3n) is 3.69. The minimum atomic E-state index is -0.302. The largest absolute Gasteiger partial charge is 0.393 e. The Morgan fingerprint density at radius 3 is 2.95 bits per heavy atom. The predicted octanol–water partition coefficient (Wildman–Crippen LogP) is 1.27. The maximum absolute atomic E-state index is 12.5. The predicted molar refractivity (Wildman–Crippen MR) is 74.2 cm³/mol. The number of carbonyl (C=O) groups is 1. The van der Waals surface area contributed by atoms with Crippen LogP contribution in [0.25, 0.3) is 0 Å². The summed E-state index contributed by atoms with van der Waals surface area (Å²) in [5, 5.41) is 12.8. The van der Waals surface area contributed by atoms with Crippen molar-refractivity contribution in [2.45, 2.75) is 26.4 Å². The first kappa shape index (κ1) is 13.8. The number of amides is 1. The van der Waals surface area contributed by atoms with Gasteiger partial charge in [0.05, 0.1) is 17.4 Å². The second-order valence-corrected chi connectivity index (χ2v) is 5.21. The van der Waals surface area contributed by atoms with Crippen LogP contribution in [-0.2, 0) is 0 Å². The van der Waals surface area contributed by atoms with Crippen LogP contribution in [0.1, 0.15) is 29.4 Å². The fourth-order valence-corrected chi connectivity index (χ4v) is 2.43. The van der Waals surface area contributed by atoms with Crippen LogP contribution in [-0.4, -0.2) is 47.1 Å². The number of carbonyl (C=O) groups excluding carboxylic acids is 1. The summed E-state index contributed by atoms with van der Waals surface area (Å²) in [6.07, 6.45) is 1.96. The van der Waals surface area contributed by atoms with Crippen molar-refractivity contribution in [1.82, 2.24) is 9.88 Å². The molecule has 1 aliphatic heterocycles. The lowest BCUT2D eigenvalue weighted by Crippen LogP contribution is -2.45. The van der Waals surface area contributed by atoms with Gasteiger partial charge in [0.25, 0.3) is 5.91 Å². The lowest BCUT2D eigenvalue weighted by Gasteiger charge is -2.34. The molecule has 1 fully saturated rings. The van der Waals surface area contributed by atoms with Gasteiger partial charge < -0.3 is 15.3 Å². The molecule has 2 N–H and O–H groups in total. The highest BCUT2D eigenvalue weighted by molar-refractivity contribution is 5.99. The molecule has 1 saturated heterocycles. The molecule has 2 heterocycles. The number of rotatable bonds is 2. The minimum Gasteiger partial charge on any atom is -0.393 e. The highest BCUT2D eigenvalue weighted by atomic mass is 16.3. The molecule has 0 aliphatic carbocycles. The molecule has 1 aliphatic rings. The van der Waals surface area contributed by atoms with Gasteiger partial charge >= 0.3 is 0 Å². The van der Waals surface area contributed by atoms with E-state index in [-0.39, 0.29) is 17.9 Å². The van der Waals surface area contributed by atoms with Gasteiger partial charge in [0.1, 0.15) is 0 Å². The zero-order valence-electron chi connectivity index (χ0n) is 11.7. The topological polar surface area (TPSA) is 65.5 Å². The molecule has 1 aromatic heterocycles. The summed E-state index contributed by atoms with van der Waals surface area (Å²) in [5.74, 6) is 0.102. The van der Waals surface area contributed by atoms with Crippen molar-refractivity contribution in [3.8, 4) is 0 Å². The maximum Gasteiger partial charge on any atom is 0.257 e. The molecule has 104 valence electrons. The molecule has 0 spiro atoms. The minimum absolute atomic E-state index is 0.0180. The van der Waals surface area contributed by atoms with E-state index >= 15 is 0 Å². The van der Waals surface area contributed by atoms with Gasteiger partial charge in [-0.1, -0.05) is 6.92 Å². The van der Waals surface area contributed by atoms with Crippen molar-refractivity contribution in [2.75, 3.05) is 25.5 Å². The van der Waals surface area contributed by atoms with Crippen LogP contribution in [0.4, 0.5) is 5.69 Å². The Balaban J connectivity index is 2.20. The van der Waals surface area contributed by atoms with E-state index in [4.69, 9.17) is 0 Å². The maximum atomic E-state index is 12.5. The Morgan fingerprint density at radius 1 is 1.58 bits per heavy atom. The van der Waals surface area contributed by atoms with Crippen LogP contribution in [0.3, 0.4) is 0 Å². The lowest BCUT2D eigenvalue weighted by atomic mass is 9.96. The molecule has 2 atom stereocenters. The summed E-state index contributed by atoms with van der Waals surface area (Å²) in [7, 11) is 1.80. The number of likely N-dealkylation sites (tertiary alicyclic amines) is 1. The number of nitrogens with one attached hydrogen (secondary N) is 1. The van der Waals surface area contributed by atoms with E-state index in [0.29, 0.717) is 25.1 Å². The number of aliphatic hydroxyl groups is 1. The van der Waals surface area contributed by atoms with E-state index in [1.807, 2.05) is 19.9 Å². The summed E-state index contributed by atoms with van der Waals surface area (Å²) in [5.41, 5.74) is 2.27. The molecule has 0 aromatic carbocycles. The van der Waals surface area contributed by atoms with E-state index in [2.05, 4.69) is 10.3 Å². The van der Waals surface area contributed by atoms with Gasteiger partial charge in [0.15, 0.2) is 0 Å². The third-order valence-corrected chi connectivity index (χ3v) is 3.69. The SMILES string of the molecule is CNc1cc(C)ncc1C(=O)N1CCC(O)C(C)C1. The number of aromatic nitrogens is 1. The van der Waals surface area contributed by atoms with Gasteiger partial charge in [0, 0.05) is 32.0 Å². The normalized spacial score (nSPS) is 23.3. The van der Waals surface area contributed by atoms with E-state index in [9.17, 15) is 9.90 Å². The van der Waals surface area contributed by atoms with Crippen molar-refractivity contribution in [3.63, 3.8) is 0 Å². The average molecular weight is 263 g/mol. The smallest absolute Gasteiger partial charge is 0.257 e. The van der Waals surface area contributed by atoms with Gasteiger partial charge in [-0.15, -0.1) is 0 Å². The highest BCUT2D eigenvalue weighted by Crippen LogP contribution is 2.22. The van der Waals surface area contributed by atoms with Crippen molar-refractivity contribution in [3.05, 3.63) is 23.5 Å². The van der Waals surface area contributed by atoms with Gasteiger partial charge in [-0.3, -0.25) is 9.78 Å². The average Bonchev–Trinajstić information content (AvgIpc) is 2.41. The second kappa shape index (κ2) is 5.57. The summed E-state index contributed by atoms with van der Waals surface area (Å²) < 4.78 is 0. The molecular weight excluding hydrogens is 242 g/mol. The van der Waals surface area contributed by atoms with Gasteiger partial charge in [-0.2, -0.15) is 0 Å². The van der Waals surface area contributed by atoms with Gasteiger partial charge in [-0.25, -0.2) is 0 Å². The van der Waals surface area contributed by atoms with Crippen molar-refractivity contribution in [1.29, 1.82) is 0 Å². The Kier molecular flexibility index (Phi) is 4.04. The zero-order valence-corrected chi connectivity index (χ0v) is 11.7. The number of hydrogen-bond acceptors (Lipinski definition) is 4. The van der Waals surface area contributed by atoms with Crippen molar-refractivity contribution < 1.29 is 9.90 Å². The summed E-state index contributed by atoms with van der Waals surface area (Å²) in [6, 6.07) is 1.87. The van der Waals surface area contributed by atoms with Crippen LogP contribution in [0.5, 0.6) is 0 Å². The number of aliphatic hydroxyl groups excluding tert-OH is 1. The van der Waals surface area contributed by atoms with E-state index in [0.717, 1.165) is 11.4 Å². The van der Waals surface area contributed by atoms with E-state index < -0.39 is 0 Å². The zero-order chi connectivity index (χ0) is 14.0. The Hall–Kier alpha value is -1.62. The van der Waals surface area contributed by atoms with Gasteiger partial charge in [0.2, 0.25) is 0 Å². The molecule has 1 aromatic rings. The molecule has 0 radical (unpaired) electrons. The van der Waals surface area contributed by atoms with Crippen LogP contribution >= 0.6 is 0 Å². The molecule has 5 nitrogen and oxygen atoms in total. The lowest BCUT2D eigenvalue weighted by molar-refractivity contribution is 0.0298. The van der Waals surface area contributed by atoms with Gasteiger partial charge in [-0.05, 0) is 25.3 Å². The molecule has 0 saturated carbocycles. The Morgan fingerprint density at radius 2 is 2.32 bits per heavy atom. The standard InChI is InChI=1S/C14H21N3O2/c1-9-8-17(5-4-13(9)18)14(19)11-7-16-10(2)6-12(11)15-3/h6-7,9,13,18H,4-5,8H2,1-3H3,(H,15,16). The summed E-state index contributed by atoms with van der Waals surface area (Å²) in [6.45, 7) is 5.06. The fourth-order valence-electron chi connectivity index (χ4n) is 2.43.